The van der Waals surface area contributed by atoms with Crippen LogP contribution < -0.4 is 9.47 Å². The van der Waals surface area contributed by atoms with E-state index in [0.29, 0.717) is 31.1 Å². The summed E-state index contributed by atoms with van der Waals surface area (Å²) in [6.45, 7) is 3.28. The lowest BCUT2D eigenvalue weighted by atomic mass is 9.96. The van der Waals surface area contributed by atoms with Gasteiger partial charge in [-0.15, -0.1) is 10.2 Å². The molecule has 1 aromatic heterocycles. The Morgan fingerprint density at radius 2 is 1.75 bits per heavy atom. The van der Waals surface area contributed by atoms with Gasteiger partial charge in [-0.2, -0.15) is 0 Å². The van der Waals surface area contributed by atoms with Crippen LogP contribution >= 0.6 is 0 Å². The predicted molar refractivity (Wildman–Crippen MR) is 114 cm³/mol. The average Bonchev–Trinajstić information content (AvgIpc) is 3.26. The van der Waals surface area contributed by atoms with Gasteiger partial charge >= 0.3 is 6.03 Å². The molecule has 0 spiro atoms. The third-order valence-electron chi connectivity index (χ3n) is 6.39. The van der Waals surface area contributed by atoms with Gasteiger partial charge in [0.25, 0.3) is 5.91 Å². The summed E-state index contributed by atoms with van der Waals surface area (Å²) in [5, 5.41) is 8.85. The number of hydrogen-bond donors (Lipinski definition) is 0. The average molecular weight is 441 g/mol. The maximum atomic E-state index is 13.1. The number of piperidine rings is 1. The number of para-hydroxylation sites is 2. The lowest BCUT2D eigenvalue weighted by Gasteiger charge is -2.35. The molecule has 32 heavy (non-hydrogen) atoms. The lowest BCUT2D eigenvalue weighted by molar-refractivity contribution is -0.142. The third kappa shape index (κ3) is 3.74. The Kier molecular flexibility index (Phi) is 5.36. The molecule has 10 nitrogen and oxygen atoms in total. The highest BCUT2D eigenvalue weighted by Gasteiger charge is 2.35. The Morgan fingerprint density at radius 3 is 2.50 bits per heavy atom. The number of nitrogens with zero attached hydrogens (tertiary/aromatic N) is 6. The fraction of sp³-hybridized carbons (Fsp3) is 0.545. The summed E-state index contributed by atoms with van der Waals surface area (Å²) in [5.41, 5.74) is 0. The zero-order valence-corrected chi connectivity index (χ0v) is 18.4. The standard InChI is InChI=1S/C22H28N6O4/c1-25(2)22(30)26-9-7-15(8-10-26)20-24-23-19-13-27(11-12-28(19)20)21(29)18-14-31-16-5-3-4-6-17(16)32-18/h3-6,15,18H,7-14H2,1-2H3. The van der Waals surface area contributed by atoms with E-state index in [4.69, 9.17) is 9.47 Å². The molecule has 1 aromatic carbocycles. The molecule has 10 heteroatoms. The minimum absolute atomic E-state index is 0.0532. The molecule has 0 aliphatic carbocycles. The van der Waals surface area contributed by atoms with E-state index < -0.39 is 6.10 Å². The predicted octanol–water partition coefficient (Wildman–Crippen LogP) is 1.32. The number of urea groups is 1. The second-order valence-corrected chi connectivity index (χ2v) is 8.69. The van der Waals surface area contributed by atoms with Crippen molar-refractivity contribution in [1.29, 1.82) is 0 Å². The van der Waals surface area contributed by atoms with Crippen molar-refractivity contribution in [2.75, 3.05) is 40.3 Å². The minimum Gasteiger partial charge on any atom is -0.485 e. The van der Waals surface area contributed by atoms with Crippen molar-refractivity contribution < 1.29 is 19.1 Å². The first kappa shape index (κ1) is 20.6. The number of amides is 3. The van der Waals surface area contributed by atoms with Crippen LogP contribution in [-0.2, 0) is 17.9 Å². The summed E-state index contributed by atoms with van der Waals surface area (Å²) < 4.78 is 13.7. The number of hydrogen-bond acceptors (Lipinski definition) is 6. The molecule has 3 amide bonds. The summed E-state index contributed by atoms with van der Waals surface area (Å²) in [7, 11) is 3.55. The molecule has 0 saturated carbocycles. The fourth-order valence-electron chi connectivity index (χ4n) is 4.63. The Balaban J connectivity index is 1.22. The molecule has 0 N–H and O–H groups in total. The van der Waals surface area contributed by atoms with Gasteiger partial charge in [-0.25, -0.2) is 4.79 Å². The fourth-order valence-corrected chi connectivity index (χ4v) is 4.63. The number of aromatic nitrogens is 3. The van der Waals surface area contributed by atoms with Crippen LogP contribution in [0.2, 0.25) is 0 Å². The van der Waals surface area contributed by atoms with Crippen molar-refractivity contribution >= 4 is 11.9 Å². The van der Waals surface area contributed by atoms with Crippen LogP contribution in [-0.4, -0.2) is 87.8 Å². The smallest absolute Gasteiger partial charge is 0.319 e. The first-order valence-electron chi connectivity index (χ1n) is 11.1. The summed E-state index contributed by atoms with van der Waals surface area (Å²) in [5.74, 6) is 3.21. The third-order valence-corrected chi connectivity index (χ3v) is 6.39. The van der Waals surface area contributed by atoms with Crippen molar-refractivity contribution in [1.82, 2.24) is 29.5 Å². The van der Waals surface area contributed by atoms with Gasteiger partial charge in [-0.3, -0.25) is 4.79 Å². The molecular weight excluding hydrogens is 412 g/mol. The van der Waals surface area contributed by atoms with Gasteiger partial charge in [0.2, 0.25) is 6.10 Å². The van der Waals surface area contributed by atoms with Gasteiger partial charge in [0, 0.05) is 46.2 Å². The summed E-state index contributed by atoms with van der Waals surface area (Å²) >= 11 is 0. The molecule has 1 saturated heterocycles. The van der Waals surface area contributed by atoms with Gasteiger partial charge in [-0.1, -0.05) is 12.1 Å². The first-order valence-corrected chi connectivity index (χ1v) is 11.1. The number of likely N-dealkylation sites (tertiary alicyclic amines) is 1. The Hall–Kier alpha value is -3.30. The van der Waals surface area contributed by atoms with Crippen LogP contribution in [0.15, 0.2) is 24.3 Å². The molecule has 5 rings (SSSR count). The van der Waals surface area contributed by atoms with Crippen molar-refractivity contribution in [3.63, 3.8) is 0 Å². The molecule has 0 bridgehead atoms. The van der Waals surface area contributed by atoms with Crippen LogP contribution in [0.5, 0.6) is 11.5 Å². The van der Waals surface area contributed by atoms with E-state index in [1.807, 2.05) is 29.2 Å². The number of rotatable bonds is 2. The molecule has 1 unspecified atom stereocenters. The topological polar surface area (TPSA) is 93.0 Å². The normalized spacial score (nSPS) is 20.6. The second kappa shape index (κ2) is 8.33. The van der Waals surface area contributed by atoms with E-state index in [1.54, 1.807) is 23.9 Å². The zero-order chi connectivity index (χ0) is 22.2. The van der Waals surface area contributed by atoms with Gasteiger partial charge in [-0.05, 0) is 25.0 Å². The highest BCUT2D eigenvalue weighted by molar-refractivity contribution is 5.82. The molecule has 4 heterocycles. The van der Waals surface area contributed by atoms with Crippen molar-refractivity contribution in [3.8, 4) is 11.5 Å². The highest BCUT2D eigenvalue weighted by atomic mass is 16.6. The van der Waals surface area contributed by atoms with Crippen LogP contribution in [0.3, 0.4) is 0 Å². The van der Waals surface area contributed by atoms with E-state index in [-0.39, 0.29) is 24.5 Å². The maximum Gasteiger partial charge on any atom is 0.319 e. The minimum atomic E-state index is -0.655. The van der Waals surface area contributed by atoms with Gasteiger partial charge in [0.05, 0.1) is 6.54 Å². The molecule has 1 atom stereocenters. The summed E-state index contributed by atoms with van der Waals surface area (Å²) in [6, 6.07) is 7.44. The molecule has 0 radical (unpaired) electrons. The molecule has 3 aliphatic rings. The Labute approximate surface area is 186 Å². The van der Waals surface area contributed by atoms with Crippen molar-refractivity contribution in [2.24, 2.45) is 0 Å². The monoisotopic (exact) mass is 440 g/mol. The maximum absolute atomic E-state index is 13.1. The Bertz CT molecular complexity index is 1010. The van der Waals surface area contributed by atoms with E-state index in [1.165, 1.54) is 0 Å². The van der Waals surface area contributed by atoms with Crippen LogP contribution in [0.25, 0.3) is 0 Å². The van der Waals surface area contributed by atoms with E-state index >= 15 is 0 Å². The molecule has 3 aliphatic heterocycles. The van der Waals surface area contributed by atoms with Crippen molar-refractivity contribution in [3.05, 3.63) is 35.9 Å². The molecular formula is C22H28N6O4. The number of benzene rings is 1. The van der Waals surface area contributed by atoms with E-state index in [2.05, 4.69) is 14.8 Å². The number of fused-ring (bicyclic) bond motifs is 2. The van der Waals surface area contributed by atoms with Crippen LogP contribution in [0.4, 0.5) is 4.79 Å². The number of carbonyl (C=O) groups excluding carboxylic acids is 2. The highest BCUT2D eigenvalue weighted by Crippen LogP contribution is 2.32. The lowest BCUT2D eigenvalue weighted by Crippen LogP contribution is -2.49. The quantitative estimate of drug-likeness (QED) is 0.699. The van der Waals surface area contributed by atoms with Gasteiger partial charge in [0.1, 0.15) is 12.4 Å². The molecule has 170 valence electrons. The first-order chi connectivity index (χ1) is 15.5. The van der Waals surface area contributed by atoms with Gasteiger partial charge in [0.15, 0.2) is 17.3 Å². The summed E-state index contributed by atoms with van der Waals surface area (Å²) in [4.78, 5) is 30.5. The molecule has 2 aromatic rings. The Morgan fingerprint density at radius 1 is 1.00 bits per heavy atom. The van der Waals surface area contributed by atoms with Crippen LogP contribution in [0, 0.1) is 0 Å². The second-order valence-electron chi connectivity index (χ2n) is 8.69. The summed E-state index contributed by atoms with van der Waals surface area (Å²) in [6.07, 6.45) is 1.08. The number of carbonyl (C=O) groups is 2. The van der Waals surface area contributed by atoms with Crippen LogP contribution in [0.1, 0.15) is 30.4 Å². The van der Waals surface area contributed by atoms with Gasteiger partial charge < -0.3 is 28.7 Å². The zero-order valence-electron chi connectivity index (χ0n) is 18.4. The largest absolute Gasteiger partial charge is 0.485 e. The van der Waals surface area contributed by atoms with E-state index in [0.717, 1.165) is 37.6 Å². The number of ether oxygens (including phenoxy) is 2. The SMILES string of the molecule is CN(C)C(=O)N1CCC(c2nnc3n2CCN(C(=O)C2COc4ccccc4O2)C3)CC1. The van der Waals surface area contributed by atoms with E-state index in [9.17, 15) is 9.59 Å². The van der Waals surface area contributed by atoms with Crippen molar-refractivity contribution in [2.45, 2.75) is 38.0 Å². The molecule has 1 fully saturated rings.